The maximum atomic E-state index is 13.4. The average molecular weight is 238 g/mol. The Morgan fingerprint density at radius 1 is 1.24 bits per heavy atom. The van der Waals surface area contributed by atoms with E-state index in [1.807, 2.05) is 0 Å². The minimum atomic E-state index is -0.286. The van der Waals surface area contributed by atoms with Crippen molar-refractivity contribution >= 4 is 0 Å². The topological polar surface area (TPSA) is 38.9 Å². The van der Waals surface area contributed by atoms with Crippen LogP contribution in [-0.4, -0.2) is 4.98 Å². The fraction of sp³-hybridized carbons (Fsp3) is 0.643. The highest BCUT2D eigenvalue weighted by molar-refractivity contribution is 5.16. The zero-order valence-corrected chi connectivity index (χ0v) is 10.7. The minimum absolute atomic E-state index is 0.191. The van der Waals surface area contributed by atoms with Crippen molar-refractivity contribution in [1.82, 2.24) is 4.98 Å². The highest BCUT2D eigenvalue weighted by Gasteiger charge is 2.10. The Kier molecular flexibility index (Phi) is 6.78. The number of nitrogens with zero attached hydrogens (tertiary/aromatic N) is 1. The second kappa shape index (κ2) is 8.18. The lowest BCUT2D eigenvalue weighted by atomic mass is 10.0. The Morgan fingerprint density at radius 2 is 1.94 bits per heavy atom. The van der Waals surface area contributed by atoms with Crippen LogP contribution in [0, 0.1) is 5.82 Å². The lowest BCUT2D eigenvalue weighted by Crippen LogP contribution is -2.12. The van der Waals surface area contributed by atoms with E-state index in [1.165, 1.54) is 38.3 Å². The van der Waals surface area contributed by atoms with Gasteiger partial charge in [-0.1, -0.05) is 45.4 Å². The van der Waals surface area contributed by atoms with Crippen LogP contribution in [-0.2, 0) is 0 Å². The number of pyridine rings is 1. The Hall–Kier alpha value is -0.960. The zero-order chi connectivity index (χ0) is 12.5. The normalized spacial score (nSPS) is 12.6. The Bertz CT molecular complexity index is 315. The van der Waals surface area contributed by atoms with E-state index in [1.54, 1.807) is 12.3 Å². The molecule has 0 aliphatic rings. The van der Waals surface area contributed by atoms with Crippen molar-refractivity contribution in [2.24, 2.45) is 5.73 Å². The molecular weight excluding hydrogens is 215 g/mol. The van der Waals surface area contributed by atoms with Gasteiger partial charge in [0.25, 0.3) is 0 Å². The van der Waals surface area contributed by atoms with Crippen LogP contribution in [0.4, 0.5) is 4.39 Å². The van der Waals surface area contributed by atoms with E-state index in [-0.39, 0.29) is 11.9 Å². The molecule has 0 radical (unpaired) electrons. The molecule has 1 aromatic heterocycles. The van der Waals surface area contributed by atoms with Crippen LogP contribution < -0.4 is 5.73 Å². The molecule has 3 heteroatoms. The summed E-state index contributed by atoms with van der Waals surface area (Å²) in [7, 11) is 0. The van der Waals surface area contributed by atoms with Gasteiger partial charge in [0.05, 0.1) is 6.20 Å². The summed E-state index contributed by atoms with van der Waals surface area (Å²) >= 11 is 0. The summed E-state index contributed by atoms with van der Waals surface area (Å²) in [5, 5.41) is 0. The van der Waals surface area contributed by atoms with Crippen LogP contribution in [0.25, 0.3) is 0 Å². The Labute approximate surface area is 103 Å². The molecule has 1 unspecified atom stereocenters. The molecule has 0 bridgehead atoms. The number of rotatable bonds is 8. The summed E-state index contributed by atoms with van der Waals surface area (Å²) in [4.78, 5) is 3.73. The number of hydrogen-bond donors (Lipinski definition) is 1. The van der Waals surface area contributed by atoms with Crippen molar-refractivity contribution < 1.29 is 4.39 Å². The standard InChI is InChI=1S/C14H23FN2/c1-2-3-4-5-6-7-8-14(16)12-9-10-17-11-13(12)15/h9-11,14H,2-8,16H2,1H3. The van der Waals surface area contributed by atoms with Gasteiger partial charge in [-0.05, 0) is 12.5 Å². The van der Waals surface area contributed by atoms with E-state index in [0.717, 1.165) is 12.8 Å². The summed E-state index contributed by atoms with van der Waals surface area (Å²) in [5.74, 6) is -0.286. The van der Waals surface area contributed by atoms with E-state index in [9.17, 15) is 4.39 Å². The largest absolute Gasteiger partial charge is 0.324 e. The molecule has 1 atom stereocenters. The van der Waals surface area contributed by atoms with E-state index in [4.69, 9.17) is 5.73 Å². The first-order valence-corrected chi connectivity index (χ1v) is 6.60. The molecule has 0 fully saturated rings. The molecule has 0 saturated heterocycles. The van der Waals surface area contributed by atoms with Gasteiger partial charge in [-0.3, -0.25) is 4.98 Å². The summed E-state index contributed by atoms with van der Waals surface area (Å²) in [6, 6.07) is 1.49. The Balaban J connectivity index is 2.21. The quantitative estimate of drug-likeness (QED) is 0.696. The van der Waals surface area contributed by atoms with Gasteiger partial charge in [0.15, 0.2) is 0 Å². The first-order chi connectivity index (χ1) is 8.25. The van der Waals surface area contributed by atoms with Gasteiger partial charge in [-0.25, -0.2) is 4.39 Å². The van der Waals surface area contributed by atoms with Gasteiger partial charge in [-0.2, -0.15) is 0 Å². The van der Waals surface area contributed by atoms with Crippen LogP contribution in [0.1, 0.15) is 63.5 Å². The molecule has 0 aliphatic carbocycles. The van der Waals surface area contributed by atoms with Crippen LogP contribution in [0.3, 0.4) is 0 Å². The maximum Gasteiger partial charge on any atom is 0.146 e. The van der Waals surface area contributed by atoms with Gasteiger partial charge in [-0.15, -0.1) is 0 Å². The highest BCUT2D eigenvalue weighted by atomic mass is 19.1. The van der Waals surface area contributed by atoms with Gasteiger partial charge >= 0.3 is 0 Å². The monoisotopic (exact) mass is 238 g/mol. The number of hydrogen-bond acceptors (Lipinski definition) is 2. The first-order valence-electron chi connectivity index (χ1n) is 6.60. The summed E-state index contributed by atoms with van der Waals surface area (Å²) in [5.41, 5.74) is 6.56. The lowest BCUT2D eigenvalue weighted by Gasteiger charge is -2.12. The molecule has 17 heavy (non-hydrogen) atoms. The third-order valence-corrected chi connectivity index (χ3v) is 3.07. The minimum Gasteiger partial charge on any atom is -0.324 e. The molecular formula is C14H23FN2. The molecule has 0 aliphatic heterocycles. The van der Waals surface area contributed by atoms with Crippen molar-refractivity contribution in [1.29, 1.82) is 0 Å². The lowest BCUT2D eigenvalue weighted by molar-refractivity contribution is 0.521. The van der Waals surface area contributed by atoms with Crippen molar-refractivity contribution in [3.05, 3.63) is 29.8 Å². The third-order valence-electron chi connectivity index (χ3n) is 3.07. The van der Waals surface area contributed by atoms with E-state index < -0.39 is 0 Å². The fourth-order valence-electron chi connectivity index (χ4n) is 1.99. The molecule has 0 saturated carbocycles. The van der Waals surface area contributed by atoms with Crippen molar-refractivity contribution in [2.75, 3.05) is 0 Å². The molecule has 0 amide bonds. The average Bonchev–Trinajstić information content (AvgIpc) is 2.34. The molecule has 1 heterocycles. The van der Waals surface area contributed by atoms with Crippen molar-refractivity contribution in [3.8, 4) is 0 Å². The molecule has 0 spiro atoms. The molecule has 0 aromatic carbocycles. The number of halogens is 1. The van der Waals surface area contributed by atoms with Gasteiger partial charge in [0, 0.05) is 17.8 Å². The van der Waals surface area contributed by atoms with Gasteiger partial charge in [0.1, 0.15) is 5.82 Å². The van der Waals surface area contributed by atoms with Crippen LogP contribution in [0.2, 0.25) is 0 Å². The second-order valence-electron chi connectivity index (χ2n) is 4.56. The summed E-state index contributed by atoms with van der Waals surface area (Å²) in [6.07, 6.45) is 11.1. The third kappa shape index (κ3) is 5.26. The molecule has 2 nitrogen and oxygen atoms in total. The van der Waals surface area contributed by atoms with E-state index >= 15 is 0 Å². The smallest absolute Gasteiger partial charge is 0.146 e. The molecule has 1 aromatic rings. The van der Waals surface area contributed by atoms with Crippen LogP contribution in [0.5, 0.6) is 0 Å². The van der Waals surface area contributed by atoms with Crippen LogP contribution in [0.15, 0.2) is 18.5 Å². The molecule has 2 N–H and O–H groups in total. The molecule has 1 rings (SSSR count). The predicted octanol–water partition coefficient (Wildman–Crippen LogP) is 3.97. The SMILES string of the molecule is CCCCCCCCC(N)c1ccncc1F. The summed E-state index contributed by atoms with van der Waals surface area (Å²) < 4.78 is 13.4. The second-order valence-corrected chi connectivity index (χ2v) is 4.56. The Morgan fingerprint density at radius 3 is 2.65 bits per heavy atom. The van der Waals surface area contributed by atoms with E-state index in [2.05, 4.69) is 11.9 Å². The summed E-state index contributed by atoms with van der Waals surface area (Å²) in [6.45, 7) is 2.21. The highest BCUT2D eigenvalue weighted by Crippen LogP contribution is 2.19. The van der Waals surface area contributed by atoms with Crippen LogP contribution >= 0.6 is 0 Å². The van der Waals surface area contributed by atoms with Gasteiger partial charge in [0.2, 0.25) is 0 Å². The van der Waals surface area contributed by atoms with Gasteiger partial charge < -0.3 is 5.73 Å². The number of aromatic nitrogens is 1. The fourth-order valence-corrected chi connectivity index (χ4v) is 1.99. The van der Waals surface area contributed by atoms with E-state index in [0.29, 0.717) is 5.56 Å². The number of nitrogens with two attached hydrogens (primary N) is 1. The number of unbranched alkanes of at least 4 members (excludes halogenated alkanes) is 5. The van der Waals surface area contributed by atoms with Crippen molar-refractivity contribution in [3.63, 3.8) is 0 Å². The maximum absolute atomic E-state index is 13.4. The molecule has 96 valence electrons. The zero-order valence-electron chi connectivity index (χ0n) is 10.7. The van der Waals surface area contributed by atoms with Crippen molar-refractivity contribution in [2.45, 2.75) is 57.9 Å². The first kappa shape index (κ1) is 14.1. The predicted molar refractivity (Wildman–Crippen MR) is 69.1 cm³/mol.